The van der Waals surface area contributed by atoms with E-state index >= 15 is 0 Å². The lowest BCUT2D eigenvalue weighted by molar-refractivity contribution is 0.180. The molecule has 1 N–H and O–H groups in total. The van der Waals surface area contributed by atoms with Crippen LogP contribution in [0, 0.1) is 0 Å². The first-order chi connectivity index (χ1) is 7.86. The Morgan fingerprint density at radius 2 is 1.78 bits per heavy atom. The van der Waals surface area contributed by atoms with E-state index in [0.717, 1.165) is 12.8 Å². The van der Waals surface area contributed by atoms with Crippen molar-refractivity contribution in [1.29, 1.82) is 0 Å². The van der Waals surface area contributed by atoms with Gasteiger partial charge in [0.1, 0.15) is 0 Å². The molecule has 1 fully saturated rings. The van der Waals surface area contributed by atoms with Crippen molar-refractivity contribution in [3.63, 3.8) is 0 Å². The maximum Gasteiger partial charge on any atom is 0.0796 e. The summed E-state index contributed by atoms with van der Waals surface area (Å²) in [6.07, 6.45) is 5.72. The average Bonchev–Trinajstić information content (AvgIpc) is 2.73. The molecule has 2 nitrogen and oxygen atoms in total. The molecule has 0 amide bonds. The molecule has 1 aromatic rings. The summed E-state index contributed by atoms with van der Waals surface area (Å²) in [5.41, 5.74) is 3.95. The van der Waals surface area contributed by atoms with Gasteiger partial charge < -0.3 is 10.0 Å². The van der Waals surface area contributed by atoms with Crippen molar-refractivity contribution in [1.82, 2.24) is 0 Å². The molecule has 1 aliphatic carbocycles. The lowest BCUT2D eigenvalue weighted by atomic mass is 10.0. The van der Waals surface area contributed by atoms with Gasteiger partial charge in [0.2, 0.25) is 0 Å². The van der Waals surface area contributed by atoms with Crippen molar-refractivity contribution in [2.24, 2.45) is 0 Å². The Labute approximate surface area is 121 Å². The summed E-state index contributed by atoms with van der Waals surface area (Å²) in [6, 6.07) is 6.40. The van der Waals surface area contributed by atoms with Gasteiger partial charge in [-0.1, -0.05) is 12.1 Å². The molecule has 2 aliphatic rings. The van der Waals surface area contributed by atoms with Gasteiger partial charge in [0, 0.05) is 18.8 Å². The van der Waals surface area contributed by atoms with Crippen LogP contribution in [0.15, 0.2) is 18.2 Å². The summed E-state index contributed by atoms with van der Waals surface area (Å²) in [6.45, 7) is 2.37. The number of aliphatic hydroxyl groups excluding tert-OH is 1. The number of aliphatic hydroxyl groups is 1. The fourth-order valence-corrected chi connectivity index (χ4v) is 3.04. The molecule has 1 atom stereocenters. The second-order valence-electron chi connectivity index (χ2n) is 4.95. The minimum Gasteiger partial charge on any atom is -0.388 e. The van der Waals surface area contributed by atoms with E-state index < -0.39 is 0 Å². The molecule has 1 heterocycles. The van der Waals surface area contributed by atoms with Crippen LogP contribution in [0.1, 0.15) is 42.9 Å². The van der Waals surface area contributed by atoms with Crippen molar-refractivity contribution in [2.45, 2.75) is 38.2 Å². The van der Waals surface area contributed by atoms with E-state index in [2.05, 4.69) is 23.1 Å². The Morgan fingerprint density at radius 1 is 1.06 bits per heavy atom. The van der Waals surface area contributed by atoms with Crippen LogP contribution in [0.4, 0.5) is 5.69 Å². The Bertz CT molecular complexity index is 391. The minimum atomic E-state index is -0.222. The maximum atomic E-state index is 9.89. The number of fused-ring (bicyclic) bond motifs is 1. The van der Waals surface area contributed by atoms with Gasteiger partial charge in [-0.05, 0) is 49.3 Å². The fourth-order valence-electron chi connectivity index (χ4n) is 3.04. The SMILES string of the molecule is Cl.Cl.OC1CCc2c1cccc2N1CCCCC1. The van der Waals surface area contributed by atoms with E-state index in [-0.39, 0.29) is 30.9 Å². The van der Waals surface area contributed by atoms with E-state index in [4.69, 9.17) is 0 Å². The zero-order valence-electron chi connectivity index (χ0n) is 10.5. The molecular weight excluding hydrogens is 269 g/mol. The molecule has 0 spiro atoms. The molecule has 0 saturated carbocycles. The average molecular weight is 290 g/mol. The topological polar surface area (TPSA) is 23.5 Å². The van der Waals surface area contributed by atoms with E-state index in [1.165, 1.54) is 49.2 Å². The highest BCUT2D eigenvalue weighted by Gasteiger charge is 2.24. The Morgan fingerprint density at radius 3 is 2.50 bits per heavy atom. The molecule has 18 heavy (non-hydrogen) atoms. The number of anilines is 1. The number of nitrogens with zero attached hydrogens (tertiary/aromatic N) is 1. The Kier molecular flexibility index (Phi) is 5.77. The molecule has 1 aliphatic heterocycles. The van der Waals surface area contributed by atoms with E-state index in [1.807, 2.05) is 0 Å². The van der Waals surface area contributed by atoms with Gasteiger partial charge in [-0.25, -0.2) is 0 Å². The first-order valence-corrected chi connectivity index (χ1v) is 6.41. The molecule has 0 aromatic heterocycles. The predicted octanol–water partition coefficient (Wildman–Crippen LogP) is 3.50. The largest absolute Gasteiger partial charge is 0.388 e. The summed E-state index contributed by atoms with van der Waals surface area (Å²) in [4.78, 5) is 2.50. The van der Waals surface area contributed by atoms with Crippen LogP contribution in [-0.2, 0) is 6.42 Å². The zero-order chi connectivity index (χ0) is 11.0. The molecule has 102 valence electrons. The van der Waals surface area contributed by atoms with Gasteiger partial charge in [0.05, 0.1) is 6.10 Å². The number of piperidine rings is 1. The summed E-state index contributed by atoms with van der Waals surface area (Å²) >= 11 is 0. The third-order valence-electron chi connectivity index (χ3n) is 3.91. The first kappa shape index (κ1) is 15.6. The molecule has 1 saturated heterocycles. The molecule has 4 heteroatoms. The van der Waals surface area contributed by atoms with E-state index in [0.29, 0.717) is 0 Å². The maximum absolute atomic E-state index is 9.89. The van der Waals surface area contributed by atoms with Crippen molar-refractivity contribution in [2.75, 3.05) is 18.0 Å². The molecular formula is C14H21Cl2NO. The van der Waals surface area contributed by atoms with Crippen molar-refractivity contribution in [3.8, 4) is 0 Å². The second kappa shape index (κ2) is 6.65. The third-order valence-corrected chi connectivity index (χ3v) is 3.91. The van der Waals surface area contributed by atoms with Gasteiger partial charge in [0.15, 0.2) is 0 Å². The lowest BCUT2D eigenvalue weighted by Gasteiger charge is -2.30. The normalized spacial score (nSPS) is 21.8. The zero-order valence-corrected chi connectivity index (χ0v) is 12.1. The quantitative estimate of drug-likeness (QED) is 0.855. The fraction of sp³-hybridized carbons (Fsp3) is 0.571. The minimum absolute atomic E-state index is 0. The third kappa shape index (κ3) is 2.76. The second-order valence-corrected chi connectivity index (χ2v) is 4.95. The highest BCUT2D eigenvalue weighted by Crippen LogP contribution is 2.37. The number of hydrogen-bond acceptors (Lipinski definition) is 2. The van der Waals surface area contributed by atoms with Crippen LogP contribution in [0.2, 0.25) is 0 Å². The highest BCUT2D eigenvalue weighted by atomic mass is 35.5. The Hall–Kier alpha value is -0.440. The van der Waals surface area contributed by atoms with Crippen LogP contribution in [0.5, 0.6) is 0 Å². The molecule has 1 unspecified atom stereocenters. The number of rotatable bonds is 1. The van der Waals surface area contributed by atoms with Crippen LogP contribution >= 0.6 is 24.8 Å². The van der Waals surface area contributed by atoms with Crippen LogP contribution in [-0.4, -0.2) is 18.2 Å². The number of hydrogen-bond donors (Lipinski definition) is 1. The summed E-state index contributed by atoms with van der Waals surface area (Å²) in [7, 11) is 0. The van der Waals surface area contributed by atoms with E-state index in [1.54, 1.807) is 0 Å². The lowest BCUT2D eigenvalue weighted by Crippen LogP contribution is -2.30. The number of halogens is 2. The smallest absolute Gasteiger partial charge is 0.0796 e. The summed E-state index contributed by atoms with van der Waals surface area (Å²) < 4.78 is 0. The van der Waals surface area contributed by atoms with Crippen molar-refractivity contribution >= 4 is 30.5 Å². The van der Waals surface area contributed by atoms with E-state index in [9.17, 15) is 5.11 Å². The van der Waals surface area contributed by atoms with Gasteiger partial charge in [-0.2, -0.15) is 0 Å². The molecule has 0 bridgehead atoms. The number of benzene rings is 1. The van der Waals surface area contributed by atoms with Gasteiger partial charge in [0.25, 0.3) is 0 Å². The highest BCUT2D eigenvalue weighted by molar-refractivity contribution is 5.85. The molecule has 1 aromatic carbocycles. The van der Waals surface area contributed by atoms with Crippen molar-refractivity contribution < 1.29 is 5.11 Å². The van der Waals surface area contributed by atoms with Gasteiger partial charge in [-0.3, -0.25) is 0 Å². The molecule has 0 radical (unpaired) electrons. The Balaban J connectivity index is 0.000000810. The van der Waals surface area contributed by atoms with Gasteiger partial charge in [-0.15, -0.1) is 24.8 Å². The monoisotopic (exact) mass is 289 g/mol. The molecule has 3 rings (SSSR count). The van der Waals surface area contributed by atoms with Crippen LogP contribution in [0.25, 0.3) is 0 Å². The van der Waals surface area contributed by atoms with Gasteiger partial charge >= 0.3 is 0 Å². The van der Waals surface area contributed by atoms with Crippen LogP contribution in [0.3, 0.4) is 0 Å². The predicted molar refractivity (Wildman–Crippen MR) is 80.3 cm³/mol. The standard InChI is InChI=1S/C14H19NO.2ClH/c16-14-8-7-11-12(14)5-4-6-13(11)15-9-2-1-3-10-15;;/h4-6,14,16H,1-3,7-10H2;2*1H. The van der Waals surface area contributed by atoms with Crippen LogP contribution < -0.4 is 4.90 Å². The van der Waals surface area contributed by atoms with Crippen molar-refractivity contribution in [3.05, 3.63) is 29.3 Å². The summed E-state index contributed by atoms with van der Waals surface area (Å²) in [5, 5.41) is 9.89. The summed E-state index contributed by atoms with van der Waals surface area (Å²) in [5.74, 6) is 0. The first-order valence-electron chi connectivity index (χ1n) is 6.41.